The molecule has 1 unspecified atom stereocenters. The van der Waals surface area contributed by atoms with E-state index in [1.807, 2.05) is 13.8 Å². The van der Waals surface area contributed by atoms with E-state index in [2.05, 4.69) is 10.6 Å². The summed E-state index contributed by atoms with van der Waals surface area (Å²) in [7, 11) is 0. The number of aliphatic hydroxyl groups is 1. The van der Waals surface area contributed by atoms with Crippen molar-refractivity contribution in [1.82, 2.24) is 5.32 Å². The lowest BCUT2D eigenvalue weighted by Crippen LogP contribution is -2.39. The molecule has 5 nitrogen and oxygen atoms in total. The summed E-state index contributed by atoms with van der Waals surface area (Å²) in [6.45, 7) is 3.78. The molecular formula is C16H21FN2O3. The maximum absolute atomic E-state index is 14.1. The fraction of sp³-hybridized carbons (Fsp3) is 0.500. The largest absolute Gasteiger partial charge is 0.394 e. The standard InChI is InChI=1S/C16H21FN2O3/c1-9(2)5-11(8-20)18-16(22)12-6-10-3-4-15(21)19-14(10)7-13(12)17/h6-7,9,11,20H,3-5,8H2,1-2H3,(H,18,22)(H,19,21). The van der Waals surface area contributed by atoms with Crippen molar-refractivity contribution < 1.29 is 19.1 Å². The highest BCUT2D eigenvalue weighted by Gasteiger charge is 2.22. The predicted octanol–water partition coefficient (Wildman–Crippen LogP) is 1.85. The fourth-order valence-corrected chi connectivity index (χ4v) is 2.59. The van der Waals surface area contributed by atoms with Gasteiger partial charge in [-0.25, -0.2) is 4.39 Å². The quantitative estimate of drug-likeness (QED) is 0.777. The average Bonchev–Trinajstić information content (AvgIpc) is 2.44. The molecule has 1 aromatic carbocycles. The van der Waals surface area contributed by atoms with Crippen molar-refractivity contribution in [1.29, 1.82) is 0 Å². The Morgan fingerprint density at radius 2 is 2.14 bits per heavy atom. The van der Waals surface area contributed by atoms with Crippen molar-refractivity contribution in [3.8, 4) is 0 Å². The number of benzene rings is 1. The molecule has 0 fully saturated rings. The minimum atomic E-state index is -0.681. The van der Waals surface area contributed by atoms with Crippen LogP contribution in [0.2, 0.25) is 0 Å². The first kappa shape index (κ1) is 16.4. The minimum absolute atomic E-state index is 0.0582. The summed E-state index contributed by atoms with van der Waals surface area (Å²) in [6, 6.07) is 2.25. The number of rotatable bonds is 5. The smallest absolute Gasteiger partial charge is 0.254 e. The molecule has 0 spiro atoms. The van der Waals surface area contributed by atoms with Crippen LogP contribution in [0.15, 0.2) is 12.1 Å². The van der Waals surface area contributed by atoms with Crippen LogP contribution in [-0.2, 0) is 11.2 Å². The van der Waals surface area contributed by atoms with Crippen molar-refractivity contribution in [3.63, 3.8) is 0 Å². The number of nitrogens with one attached hydrogen (secondary N) is 2. The zero-order valence-electron chi connectivity index (χ0n) is 12.8. The van der Waals surface area contributed by atoms with E-state index in [0.29, 0.717) is 30.9 Å². The molecule has 120 valence electrons. The van der Waals surface area contributed by atoms with Crippen LogP contribution in [0, 0.1) is 11.7 Å². The summed E-state index contributed by atoms with van der Waals surface area (Å²) < 4.78 is 14.1. The van der Waals surface area contributed by atoms with Gasteiger partial charge < -0.3 is 15.7 Å². The number of carbonyl (C=O) groups is 2. The summed E-state index contributed by atoms with van der Waals surface area (Å²) in [4.78, 5) is 23.5. The highest BCUT2D eigenvalue weighted by molar-refractivity contribution is 5.98. The Bertz CT molecular complexity index is 587. The number of hydrogen-bond donors (Lipinski definition) is 3. The molecule has 1 aliphatic heterocycles. The molecule has 0 saturated carbocycles. The Labute approximate surface area is 128 Å². The fourth-order valence-electron chi connectivity index (χ4n) is 2.59. The van der Waals surface area contributed by atoms with Crippen LogP contribution in [0.3, 0.4) is 0 Å². The maximum Gasteiger partial charge on any atom is 0.254 e. The van der Waals surface area contributed by atoms with Gasteiger partial charge in [-0.3, -0.25) is 9.59 Å². The Balaban J connectivity index is 2.18. The zero-order valence-corrected chi connectivity index (χ0v) is 12.8. The molecule has 2 rings (SSSR count). The number of hydrogen-bond acceptors (Lipinski definition) is 3. The predicted molar refractivity (Wildman–Crippen MR) is 81.1 cm³/mol. The Morgan fingerprint density at radius 3 is 2.77 bits per heavy atom. The van der Waals surface area contributed by atoms with Crippen molar-refractivity contribution >= 4 is 17.5 Å². The second kappa shape index (κ2) is 6.87. The van der Waals surface area contributed by atoms with Gasteiger partial charge in [-0.05, 0) is 36.5 Å². The van der Waals surface area contributed by atoms with E-state index in [9.17, 15) is 19.1 Å². The normalized spacial score (nSPS) is 15.2. The van der Waals surface area contributed by atoms with Crippen molar-refractivity contribution in [2.45, 2.75) is 39.2 Å². The molecule has 0 aliphatic carbocycles. The zero-order chi connectivity index (χ0) is 16.3. The Hall–Kier alpha value is -1.95. The van der Waals surface area contributed by atoms with Crippen LogP contribution in [0.4, 0.5) is 10.1 Å². The van der Waals surface area contributed by atoms with E-state index in [1.54, 1.807) is 0 Å². The molecule has 0 aromatic heterocycles. The molecular weight excluding hydrogens is 287 g/mol. The summed E-state index contributed by atoms with van der Waals surface area (Å²) in [5, 5.41) is 14.6. The highest BCUT2D eigenvalue weighted by Crippen LogP contribution is 2.26. The van der Waals surface area contributed by atoms with E-state index in [0.717, 1.165) is 5.56 Å². The number of aliphatic hydroxyl groups excluding tert-OH is 1. The second-order valence-electron chi connectivity index (χ2n) is 6.02. The van der Waals surface area contributed by atoms with Gasteiger partial charge in [-0.1, -0.05) is 13.8 Å². The molecule has 1 aromatic rings. The van der Waals surface area contributed by atoms with Gasteiger partial charge in [0.15, 0.2) is 0 Å². The average molecular weight is 308 g/mol. The molecule has 6 heteroatoms. The monoisotopic (exact) mass is 308 g/mol. The Kier molecular flexibility index (Phi) is 5.13. The lowest BCUT2D eigenvalue weighted by Gasteiger charge is -2.20. The third-order valence-corrected chi connectivity index (χ3v) is 3.64. The SMILES string of the molecule is CC(C)CC(CO)NC(=O)c1cc2c(cc1F)NC(=O)CC2. The summed E-state index contributed by atoms with van der Waals surface area (Å²) in [5.41, 5.74) is 1.11. The van der Waals surface area contributed by atoms with Crippen LogP contribution in [0.1, 0.15) is 42.6 Å². The van der Waals surface area contributed by atoms with Gasteiger partial charge in [0.05, 0.1) is 18.2 Å². The topological polar surface area (TPSA) is 78.4 Å². The summed E-state index contributed by atoms with van der Waals surface area (Å²) in [6.07, 6.45) is 1.42. The first-order valence-corrected chi connectivity index (χ1v) is 7.44. The third kappa shape index (κ3) is 3.82. The van der Waals surface area contributed by atoms with Crippen LogP contribution < -0.4 is 10.6 Å². The number of aryl methyl sites for hydroxylation is 1. The summed E-state index contributed by atoms with van der Waals surface area (Å²) >= 11 is 0. The van der Waals surface area contributed by atoms with Gasteiger partial charge in [0.1, 0.15) is 5.82 Å². The number of amides is 2. The maximum atomic E-state index is 14.1. The van der Waals surface area contributed by atoms with E-state index >= 15 is 0 Å². The third-order valence-electron chi connectivity index (χ3n) is 3.64. The van der Waals surface area contributed by atoms with Crippen LogP contribution in [-0.4, -0.2) is 29.6 Å². The van der Waals surface area contributed by atoms with E-state index in [1.165, 1.54) is 12.1 Å². The van der Waals surface area contributed by atoms with Gasteiger partial charge in [-0.2, -0.15) is 0 Å². The lowest BCUT2D eigenvalue weighted by molar-refractivity contribution is -0.116. The number of anilines is 1. The lowest BCUT2D eigenvalue weighted by atomic mass is 9.99. The number of carbonyl (C=O) groups excluding carboxylic acids is 2. The van der Waals surface area contributed by atoms with Gasteiger partial charge in [-0.15, -0.1) is 0 Å². The first-order valence-electron chi connectivity index (χ1n) is 7.44. The summed E-state index contributed by atoms with van der Waals surface area (Å²) in [5.74, 6) is -1.07. The molecule has 1 atom stereocenters. The molecule has 0 bridgehead atoms. The molecule has 2 amide bonds. The molecule has 3 N–H and O–H groups in total. The van der Waals surface area contributed by atoms with Crippen LogP contribution in [0.25, 0.3) is 0 Å². The van der Waals surface area contributed by atoms with E-state index < -0.39 is 17.8 Å². The van der Waals surface area contributed by atoms with Crippen LogP contribution >= 0.6 is 0 Å². The van der Waals surface area contributed by atoms with E-state index in [-0.39, 0.29) is 18.1 Å². The van der Waals surface area contributed by atoms with Gasteiger partial charge in [0, 0.05) is 12.1 Å². The van der Waals surface area contributed by atoms with Crippen molar-refractivity contribution in [2.75, 3.05) is 11.9 Å². The van der Waals surface area contributed by atoms with Gasteiger partial charge >= 0.3 is 0 Å². The van der Waals surface area contributed by atoms with Crippen molar-refractivity contribution in [3.05, 3.63) is 29.1 Å². The molecule has 1 heterocycles. The number of fused-ring (bicyclic) bond motifs is 1. The number of halogens is 1. The Morgan fingerprint density at radius 1 is 1.41 bits per heavy atom. The van der Waals surface area contributed by atoms with Crippen LogP contribution in [0.5, 0.6) is 0 Å². The molecule has 1 aliphatic rings. The van der Waals surface area contributed by atoms with Gasteiger partial charge in [0.25, 0.3) is 5.91 Å². The molecule has 0 radical (unpaired) electrons. The van der Waals surface area contributed by atoms with Crippen molar-refractivity contribution in [2.24, 2.45) is 5.92 Å². The highest BCUT2D eigenvalue weighted by atomic mass is 19.1. The second-order valence-corrected chi connectivity index (χ2v) is 6.02. The molecule has 22 heavy (non-hydrogen) atoms. The van der Waals surface area contributed by atoms with Gasteiger partial charge in [0.2, 0.25) is 5.91 Å². The minimum Gasteiger partial charge on any atom is -0.394 e. The molecule has 0 saturated heterocycles. The first-order chi connectivity index (χ1) is 10.4. The van der Waals surface area contributed by atoms with E-state index in [4.69, 9.17) is 0 Å².